The van der Waals surface area contributed by atoms with Gasteiger partial charge in [-0.25, -0.2) is 29.9 Å². The second-order valence-corrected chi connectivity index (χ2v) is 40.1. The second kappa shape index (κ2) is 35.0. The number of amides is 2. The zero-order chi connectivity index (χ0) is 67.3. The van der Waals surface area contributed by atoms with Crippen molar-refractivity contribution in [2.45, 2.75) is 190 Å². The lowest BCUT2D eigenvalue weighted by molar-refractivity contribution is -0.0467. The number of hydrogen-bond donors (Lipinski definition) is 1. The highest BCUT2D eigenvalue weighted by Crippen LogP contribution is 2.47. The van der Waals surface area contributed by atoms with Crippen molar-refractivity contribution in [1.82, 2.24) is 43.7 Å². The molecule has 21 nitrogen and oxygen atoms in total. The molecule has 2 saturated heterocycles. The lowest BCUT2D eigenvalue weighted by atomic mass is 10.0. The Balaban J connectivity index is 0.000000342. The molecule has 0 spiro atoms. The number of anilines is 2. The van der Waals surface area contributed by atoms with E-state index in [-0.39, 0.29) is 120 Å². The van der Waals surface area contributed by atoms with Gasteiger partial charge in [0, 0.05) is 48.1 Å². The van der Waals surface area contributed by atoms with E-state index in [1.54, 1.807) is 58.9 Å². The molecule has 2 aliphatic rings. The molecule has 0 saturated carbocycles. The summed E-state index contributed by atoms with van der Waals surface area (Å²) in [4.78, 5) is 57.3. The number of aliphatic hydroxyl groups excluding tert-OH is 1. The maximum absolute atomic E-state index is 13.5. The van der Waals surface area contributed by atoms with E-state index in [9.17, 15) is 14.7 Å². The van der Waals surface area contributed by atoms with Crippen LogP contribution in [0.15, 0.2) is 111 Å². The van der Waals surface area contributed by atoms with E-state index in [4.69, 9.17) is 44.4 Å². The summed E-state index contributed by atoms with van der Waals surface area (Å²) in [6.45, 7) is 48.3. The van der Waals surface area contributed by atoms with E-state index in [0.29, 0.717) is 57.2 Å². The summed E-state index contributed by atoms with van der Waals surface area (Å²) >= 11 is 5.34. The van der Waals surface area contributed by atoms with Crippen molar-refractivity contribution in [3.05, 3.63) is 122 Å². The average Bonchev–Trinajstić information content (AvgIpc) is 1.63. The SMILES string of the molecule is C.C.C=CCN(C(=O)c1ccccc1)c1ncnc2c1ncn2[C@@H]1O[C@H](CO)[C@@H](C)[C@H]1O[Si](C)(C)C(C)(C)C.C=CCN(C(=O)c1ccccc1)c1ncnc2c1ncn2[C@@H]1O[C@H](CO[P+](=S)OCCC#N)[C@@H](C)[C@H]1O[Si](C)(C)C(C)(C)C.CC(C)N(C(C)C)P(C)C. The van der Waals surface area contributed by atoms with Crippen molar-refractivity contribution >= 4 is 89.4 Å². The molecular weight excluding hydrogens is 1270 g/mol. The highest BCUT2D eigenvalue weighted by atomic mass is 32.4. The van der Waals surface area contributed by atoms with Crippen molar-refractivity contribution in [3.8, 4) is 6.07 Å². The average molecular weight is 1370 g/mol. The first kappa shape index (κ1) is 79.9. The Morgan fingerprint density at radius 1 is 0.710 bits per heavy atom. The van der Waals surface area contributed by atoms with E-state index >= 15 is 0 Å². The number of benzene rings is 2. The predicted molar refractivity (Wildman–Crippen MR) is 385 cm³/mol. The van der Waals surface area contributed by atoms with Crippen LogP contribution < -0.4 is 9.80 Å². The molecule has 0 radical (unpaired) electrons. The number of rotatable bonds is 24. The van der Waals surface area contributed by atoms with Gasteiger partial charge in [0.1, 0.15) is 25.9 Å². The summed E-state index contributed by atoms with van der Waals surface area (Å²) < 4.78 is 44.4. The van der Waals surface area contributed by atoms with Crippen LogP contribution in [0.4, 0.5) is 11.6 Å². The first-order chi connectivity index (χ1) is 42.9. The van der Waals surface area contributed by atoms with E-state index in [1.807, 2.05) is 58.5 Å². The van der Waals surface area contributed by atoms with Gasteiger partial charge in [-0.15, -0.1) is 22.2 Å². The van der Waals surface area contributed by atoms with Crippen LogP contribution in [0.3, 0.4) is 0 Å². The molecule has 2 aliphatic heterocycles. The number of aromatic nitrogens is 8. The van der Waals surface area contributed by atoms with Gasteiger partial charge in [0.05, 0.1) is 56.2 Å². The van der Waals surface area contributed by atoms with Crippen molar-refractivity contribution in [2.24, 2.45) is 11.8 Å². The first-order valence-corrected chi connectivity index (χ1v) is 41.2. The Bertz CT molecular complexity index is 3410. The number of hydrogen-bond acceptors (Lipinski definition) is 18. The third-order valence-electron chi connectivity index (χ3n) is 17.2. The summed E-state index contributed by atoms with van der Waals surface area (Å²) in [5, 5.41) is 18.8. The Morgan fingerprint density at radius 2 is 1.11 bits per heavy atom. The molecular formula is C67H105N12O9P2SSi2+. The monoisotopic (exact) mass is 1370 g/mol. The molecule has 1 unspecified atom stereocenters. The number of nitriles is 1. The van der Waals surface area contributed by atoms with E-state index < -0.39 is 36.2 Å². The molecule has 510 valence electrons. The number of fused-ring (bicyclic) bond motifs is 2. The lowest BCUT2D eigenvalue weighted by Gasteiger charge is -2.40. The maximum Gasteiger partial charge on any atom is 0.521 e. The molecule has 0 bridgehead atoms. The Morgan fingerprint density at radius 3 is 1.45 bits per heavy atom. The van der Waals surface area contributed by atoms with Gasteiger partial charge < -0.3 is 23.4 Å². The van der Waals surface area contributed by atoms with Gasteiger partial charge in [0.15, 0.2) is 63.1 Å². The summed E-state index contributed by atoms with van der Waals surface area (Å²) in [5.41, 5.74) is 3.04. The standard InChI is InChI=1S/C30H40N6O5PSSi.C27H37N5O4Si.C8H20NP.2CH4/c1-8-16-35(28(37)22-13-10-9-11-14-22)26-24-27(33-19-32-26)36(20-34-24)29-25(41-44(6,7)30(3,4)5)21(2)23(40-29)18-39-42(43)38-17-12-15-31;1-8-14-31(25(34)19-12-10-9-11-13-19)23-21-24(29-16-28-23)32(17-30-21)26-22(18(2)20(15-33)35-26)36-37(6,7)27(3,4)5;1-7(2)9(8(3)4)10(5)6;;/h8-11,13-14,19-21,23,25,29H,1,12,16-18H2,2-7H3;8-13,16-18,20,22,26,33H,1,14-15H2,2-7H3;7-8H,1-6H3;2*1H4/q+1;;;;/t21-,23-,25-,29-;18-,20-,22-,26-;;;/m11.../s1. The second-order valence-electron chi connectivity index (χ2n) is 26.6. The van der Waals surface area contributed by atoms with Crippen LogP contribution in [0.25, 0.3) is 22.3 Å². The van der Waals surface area contributed by atoms with E-state index in [2.05, 4.69) is 163 Å². The predicted octanol–water partition coefficient (Wildman–Crippen LogP) is 14.9. The molecule has 6 aromatic rings. The van der Waals surface area contributed by atoms with Crippen molar-refractivity contribution in [1.29, 1.82) is 5.26 Å². The molecule has 4 aromatic heterocycles. The van der Waals surface area contributed by atoms with Gasteiger partial charge in [0.2, 0.25) is 11.8 Å². The fourth-order valence-corrected chi connectivity index (χ4v) is 16.1. The molecule has 2 amide bonds. The third-order valence-corrected chi connectivity index (χ3v) is 29.4. The smallest absolute Gasteiger partial charge is 0.409 e. The number of carbonyl (C=O) groups is 2. The van der Waals surface area contributed by atoms with Crippen LogP contribution >= 0.6 is 15.2 Å². The molecule has 26 heteroatoms. The minimum Gasteiger partial charge on any atom is -0.409 e. The van der Waals surface area contributed by atoms with Crippen molar-refractivity contribution < 1.29 is 42.1 Å². The van der Waals surface area contributed by atoms with Crippen LogP contribution in [-0.4, -0.2) is 160 Å². The molecule has 8 rings (SSSR count). The number of aliphatic hydroxyl groups is 1. The molecule has 1 N–H and O–H groups in total. The highest BCUT2D eigenvalue weighted by molar-refractivity contribution is 8.00. The largest absolute Gasteiger partial charge is 0.521 e. The minimum atomic E-state index is -2.24. The minimum absolute atomic E-state index is 0. The summed E-state index contributed by atoms with van der Waals surface area (Å²) in [5.74, 6) is 0.229. The number of carbonyl (C=O) groups excluding carboxylic acids is 2. The van der Waals surface area contributed by atoms with Crippen LogP contribution in [0.5, 0.6) is 0 Å². The third kappa shape index (κ3) is 19.4. The van der Waals surface area contributed by atoms with Gasteiger partial charge in [-0.05, 0) is 110 Å². The summed E-state index contributed by atoms with van der Waals surface area (Å²) in [6.07, 6.45) is 7.24. The highest BCUT2D eigenvalue weighted by Gasteiger charge is 2.52. The maximum atomic E-state index is 13.5. The molecule has 93 heavy (non-hydrogen) atoms. The molecule has 9 atom stereocenters. The zero-order valence-electron chi connectivity index (χ0n) is 56.6. The Labute approximate surface area is 563 Å². The van der Waals surface area contributed by atoms with Crippen molar-refractivity contribution in [2.75, 3.05) is 56.0 Å². The van der Waals surface area contributed by atoms with Crippen LogP contribution in [0.1, 0.15) is 138 Å². The van der Waals surface area contributed by atoms with Gasteiger partial charge in [-0.2, -0.15) is 5.26 Å². The number of nitrogens with zero attached hydrogens (tertiary/aromatic N) is 12. The summed E-state index contributed by atoms with van der Waals surface area (Å²) in [6, 6.07) is 21.5. The van der Waals surface area contributed by atoms with Gasteiger partial charge >= 0.3 is 7.15 Å². The molecule has 6 heterocycles. The number of ether oxygens (including phenoxy) is 2. The van der Waals surface area contributed by atoms with Crippen LogP contribution in [-0.2, 0) is 39.2 Å². The Hall–Kier alpha value is -5.49. The zero-order valence-corrected chi connectivity index (χ0v) is 61.2. The fourth-order valence-electron chi connectivity index (χ4n) is 10.5. The molecule has 2 aromatic carbocycles. The van der Waals surface area contributed by atoms with Gasteiger partial charge in [-0.1, -0.05) is 119 Å². The van der Waals surface area contributed by atoms with Gasteiger partial charge in [-0.3, -0.25) is 33.2 Å². The van der Waals surface area contributed by atoms with Crippen LogP contribution in [0, 0.1) is 23.2 Å². The van der Waals surface area contributed by atoms with E-state index in [1.165, 1.54) is 12.7 Å². The Kier molecular flexibility index (Phi) is 30.1. The number of imidazole rings is 2. The quantitative estimate of drug-likeness (QED) is 0.0257. The molecule has 0 aliphatic carbocycles. The lowest BCUT2D eigenvalue weighted by Crippen LogP contribution is -2.46. The van der Waals surface area contributed by atoms with E-state index in [0.717, 1.165) is 0 Å². The first-order valence-electron chi connectivity index (χ1n) is 31.0. The fraction of sp³-hybridized carbons (Fsp3) is 0.567. The normalized spacial score (nSPS) is 20.1. The van der Waals surface area contributed by atoms with Crippen molar-refractivity contribution in [3.63, 3.8) is 0 Å². The summed E-state index contributed by atoms with van der Waals surface area (Å²) in [7, 11) is -5.89. The van der Waals surface area contributed by atoms with Crippen LogP contribution in [0.2, 0.25) is 36.3 Å². The molecule has 2 fully saturated rings. The van der Waals surface area contributed by atoms with Gasteiger partial charge in [0.25, 0.3) is 11.8 Å². The topological polar surface area (TPSA) is 230 Å².